The second-order valence-corrected chi connectivity index (χ2v) is 7.75. The number of hydrogen-bond donors (Lipinski definition) is 1. The van der Waals surface area contributed by atoms with E-state index in [4.69, 9.17) is 28.2 Å². The van der Waals surface area contributed by atoms with Crippen LogP contribution in [0.25, 0.3) is 16.7 Å². The van der Waals surface area contributed by atoms with Crippen molar-refractivity contribution in [3.05, 3.63) is 81.0 Å². The molecule has 0 aliphatic rings. The Morgan fingerprint density at radius 1 is 0.966 bits per heavy atom. The van der Waals surface area contributed by atoms with Crippen molar-refractivity contribution in [3.63, 3.8) is 0 Å². The van der Waals surface area contributed by atoms with Gasteiger partial charge < -0.3 is 5.32 Å². The van der Waals surface area contributed by atoms with E-state index in [1.807, 2.05) is 39.0 Å². The van der Waals surface area contributed by atoms with Crippen molar-refractivity contribution in [3.8, 4) is 5.82 Å². The fourth-order valence-electron chi connectivity index (χ4n) is 3.24. The second-order valence-electron chi connectivity index (χ2n) is 6.93. The van der Waals surface area contributed by atoms with Crippen LogP contribution < -0.4 is 5.32 Å². The molecule has 7 heteroatoms. The number of carbonyl (C=O) groups excluding carboxylic acids is 1. The Hall–Kier alpha value is -2.89. The number of fused-ring (bicyclic) bond motifs is 1. The van der Waals surface area contributed by atoms with Crippen molar-refractivity contribution in [2.45, 2.75) is 20.8 Å². The molecule has 0 aliphatic carbocycles. The molecule has 0 saturated carbocycles. The minimum atomic E-state index is -0.307. The number of aryl methyl sites for hydroxylation is 3. The average Bonchev–Trinajstić information content (AvgIpc) is 3.04. The summed E-state index contributed by atoms with van der Waals surface area (Å²) in [4.78, 5) is 17.5. The molecule has 146 valence electrons. The fraction of sp³-hybridized carbons (Fsp3) is 0.136. The number of rotatable bonds is 3. The lowest BCUT2D eigenvalue weighted by molar-refractivity contribution is 0.102. The average molecular weight is 425 g/mol. The molecule has 4 aromatic rings. The summed E-state index contributed by atoms with van der Waals surface area (Å²) in [6.07, 6.45) is 0. The number of nitrogens with zero attached hydrogens (tertiary/aromatic N) is 3. The molecule has 0 spiro atoms. The van der Waals surface area contributed by atoms with Gasteiger partial charge in [0.05, 0.1) is 21.3 Å². The zero-order chi connectivity index (χ0) is 20.7. The van der Waals surface area contributed by atoms with Gasteiger partial charge in [-0.15, -0.1) is 0 Å². The summed E-state index contributed by atoms with van der Waals surface area (Å²) in [6, 6.07) is 14.6. The van der Waals surface area contributed by atoms with Gasteiger partial charge in [0.25, 0.3) is 5.91 Å². The molecule has 5 nitrogen and oxygen atoms in total. The standard InChI is InChI=1S/C22H18Cl2N4O/c1-12-5-4-6-16-13(2)9-19(25-21(12)16)28-20(10-14(3)27-28)26-22(29)15-7-8-17(23)18(24)11-15/h4-11H,1-3H3,(H,26,29). The van der Waals surface area contributed by atoms with Crippen molar-refractivity contribution in [2.24, 2.45) is 0 Å². The summed E-state index contributed by atoms with van der Waals surface area (Å²) in [5, 5.41) is 9.24. The SMILES string of the molecule is Cc1cc(NC(=O)c2ccc(Cl)c(Cl)c2)n(-c2cc(C)c3cccc(C)c3n2)n1. The first-order valence-corrected chi connectivity index (χ1v) is 9.79. The molecular weight excluding hydrogens is 407 g/mol. The lowest BCUT2D eigenvalue weighted by Crippen LogP contribution is -2.15. The maximum Gasteiger partial charge on any atom is 0.256 e. The molecule has 0 bridgehead atoms. The normalized spacial score (nSPS) is 11.1. The number of halogens is 2. The number of carbonyl (C=O) groups is 1. The summed E-state index contributed by atoms with van der Waals surface area (Å²) >= 11 is 12.0. The largest absolute Gasteiger partial charge is 0.306 e. The van der Waals surface area contributed by atoms with E-state index in [0.29, 0.717) is 27.2 Å². The van der Waals surface area contributed by atoms with E-state index in [-0.39, 0.29) is 5.91 Å². The van der Waals surface area contributed by atoms with E-state index in [1.54, 1.807) is 22.9 Å². The number of aromatic nitrogens is 3. The quantitative estimate of drug-likeness (QED) is 0.444. The van der Waals surface area contributed by atoms with Crippen LogP contribution in [0.4, 0.5) is 5.82 Å². The predicted molar refractivity (Wildman–Crippen MR) is 117 cm³/mol. The Bertz CT molecular complexity index is 1260. The number of pyridine rings is 1. The topological polar surface area (TPSA) is 59.8 Å². The Balaban J connectivity index is 1.76. The maximum atomic E-state index is 12.7. The summed E-state index contributed by atoms with van der Waals surface area (Å²) in [5.41, 5.74) is 4.25. The minimum Gasteiger partial charge on any atom is -0.306 e. The van der Waals surface area contributed by atoms with Gasteiger partial charge in [-0.3, -0.25) is 4.79 Å². The summed E-state index contributed by atoms with van der Waals surface area (Å²) in [5.74, 6) is 0.860. The Kier molecular flexibility index (Phi) is 5.03. The molecule has 0 saturated heterocycles. The molecule has 0 radical (unpaired) electrons. The molecule has 4 rings (SSSR count). The van der Waals surface area contributed by atoms with Gasteiger partial charge in [0.1, 0.15) is 5.82 Å². The third-order valence-corrected chi connectivity index (χ3v) is 5.45. The molecule has 2 heterocycles. The zero-order valence-electron chi connectivity index (χ0n) is 16.1. The van der Waals surface area contributed by atoms with Crippen LogP contribution in [0.3, 0.4) is 0 Å². The highest BCUT2D eigenvalue weighted by molar-refractivity contribution is 6.42. The van der Waals surface area contributed by atoms with Gasteiger partial charge in [0, 0.05) is 17.0 Å². The third kappa shape index (κ3) is 3.71. The maximum absolute atomic E-state index is 12.7. The smallest absolute Gasteiger partial charge is 0.256 e. The van der Waals surface area contributed by atoms with Crippen molar-refractivity contribution < 1.29 is 4.79 Å². The van der Waals surface area contributed by atoms with Gasteiger partial charge >= 0.3 is 0 Å². The lowest BCUT2D eigenvalue weighted by atomic mass is 10.1. The van der Waals surface area contributed by atoms with Gasteiger partial charge in [-0.05, 0) is 56.2 Å². The molecule has 2 aromatic heterocycles. The molecule has 0 aliphatic heterocycles. The van der Waals surface area contributed by atoms with Gasteiger partial charge in [-0.1, -0.05) is 41.4 Å². The van der Waals surface area contributed by atoms with Crippen molar-refractivity contribution >= 4 is 45.8 Å². The fourth-order valence-corrected chi connectivity index (χ4v) is 3.54. The molecule has 1 N–H and O–H groups in total. The summed E-state index contributed by atoms with van der Waals surface area (Å²) < 4.78 is 1.64. The minimum absolute atomic E-state index is 0.307. The van der Waals surface area contributed by atoms with E-state index in [9.17, 15) is 4.79 Å². The van der Waals surface area contributed by atoms with E-state index >= 15 is 0 Å². The van der Waals surface area contributed by atoms with Gasteiger partial charge in [0.15, 0.2) is 5.82 Å². The molecule has 1 amide bonds. The van der Waals surface area contributed by atoms with E-state index in [2.05, 4.69) is 16.5 Å². The first-order chi connectivity index (χ1) is 13.8. The van der Waals surface area contributed by atoms with Gasteiger partial charge in [0.2, 0.25) is 0 Å². The first kappa shape index (κ1) is 19.4. The predicted octanol–water partition coefficient (Wildman–Crippen LogP) is 5.90. The Labute approximate surface area is 178 Å². The molecule has 0 atom stereocenters. The van der Waals surface area contributed by atoms with Gasteiger partial charge in [-0.2, -0.15) is 9.78 Å². The van der Waals surface area contributed by atoms with E-state index in [0.717, 1.165) is 27.7 Å². The summed E-state index contributed by atoms with van der Waals surface area (Å²) in [7, 11) is 0. The third-order valence-electron chi connectivity index (χ3n) is 4.71. The highest BCUT2D eigenvalue weighted by atomic mass is 35.5. The Morgan fingerprint density at radius 3 is 2.52 bits per heavy atom. The molecular formula is C22H18Cl2N4O. The number of para-hydroxylation sites is 1. The van der Waals surface area contributed by atoms with Crippen LogP contribution in [-0.4, -0.2) is 20.7 Å². The van der Waals surface area contributed by atoms with Crippen LogP contribution in [-0.2, 0) is 0 Å². The lowest BCUT2D eigenvalue weighted by Gasteiger charge is -2.12. The van der Waals surface area contributed by atoms with Crippen LogP contribution in [0, 0.1) is 20.8 Å². The monoisotopic (exact) mass is 424 g/mol. The highest BCUT2D eigenvalue weighted by Gasteiger charge is 2.15. The van der Waals surface area contributed by atoms with Crippen molar-refractivity contribution in [1.82, 2.24) is 14.8 Å². The molecule has 0 fully saturated rings. The van der Waals surface area contributed by atoms with Crippen LogP contribution in [0.1, 0.15) is 27.2 Å². The molecule has 29 heavy (non-hydrogen) atoms. The Morgan fingerprint density at radius 2 is 1.76 bits per heavy atom. The van der Waals surface area contributed by atoms with Crippen LogP contribution in [0.15, 0.2) is 48.5 Å². The first-order valence-electron chi connectivity index (χ1n) is 9.04. The summed E-state index contributed by atoms with van der Waals surface area (Å²) in [6.45, 7) is 5.93. The zero-order valence-corrected chi connectivity index (χ0v) is 17.6. The van der Waals surface area contributed by atoms with Gasteiger partial charge in [-0.25, -0.2) is 4.98 Å². The highest BCUT2D eigenvalue weighted by Crippen LogP contribution is 2.26. The number of benzene rings is 2. The second kappa shape index (κ2) is 7.50. The van der Waals surface area contributed by atoms with Crippen LogP contribution in [0.2, 0.25) is 10.0 Å². The van der Waals surface area contributed by atoms with Crippen LogP contribution >= 0.6 is 23.2 Å². The van der Waals surface area contributed by atoms with Crippen molar-refractivity contribution in [1.29, 1.82) is 0 Å². The number of anilines is 1. The number of amides is 1. The number of hydrogen-bond acceptors (Lipinski definition) is 3. The van der Waals surface area contributed by atoms with Crippen molar-refractivity contribution in [2.75, 3.05) is 5.32 Å². The van der Waals surface area contributed by atoms with E-state index < -0.39 is 0 Å². The van der Waals surface area contributed by atoms with Crippen LogP contribution in [0.5, 0.6) is 0 Å². The number of nitrogens with one attached hydrogen (secondary N) is 1. The van der Waals surface area contributed by atoms with E-state index in [1.165, 1.54) is 6.07 Å². The molecule has 2 aromatic carbocycles. The molecule has 0 unspecified atom stereocenters.